The van der Waals surface area contributed by atoms with Gasteiger partial charge in [-0.15, -0.1) is 0 Å². The summed E-state index contributed by atoms with van der Waals surface area (Å²) in [5.74, 6) is 0.867. The van der Waals surface area contributed by atoms with E-state index in [1.807, 2.05) is 66.7 Å². The number of oxazole rings is 1. The van der Waals surface area contributed by atoms with Gasteiger partial charge >= 0.3 is 0 Å². The van der Waals surface area contributed by atoms with Crippen LogP contribution in [0, 0.1) is 0 Å². The van der Waals surface area contributed by atoms with Gasteiger partial charge in [-0.2, -0.15) is 0 Å². The summed E-state index contributed by atoms with van der Waals surface area (Å²) >= 11 is 3.47. The number of nitrogens with zero attached hydrogens (tertiary/aromatic N) is 1. The average molecular weight is 447 g/mol. The third-order valence-corrected chi connectivity index (χ3v) is 5.16. The van der Waals surface area contributed by atoms with Gasteiger partial charge in [-0.3, -0.25) is 4.79 Å². The summed E-state index contributed by atoms with van der Waals surface area (Å²) in [6.45, 7) is 2.06. The summed E-state index contributed by atoms with van der Waals surface area (Å²) in [6.07, 6.45) is 2.52. The lowest BCUT2D eigenvalue weighted by atomic mass is 10.1. The lowest BCUT2D eigenvalue weighted by molar-refractivity contribution is 0.102. The molecule has 144 valence electrons. The van der Waals surface area contributed by atoms with E-state index in [9.17, 15) is 4.79 Å². The van der Waals surface area contributed by atoms with Crippen LogP contribution in [0.4, 0.5) is 5.69 Å². The van der Waals surface area contributed by atoms with E-state index in [1.54, 1.807) is 12.3 Å². The molecule has 0 fully saturated rings. The molecule has 0 spiro atoms. The van der Waals surface area contributed by atoms with Crippen LogP contribution in [0.5, 0.6) is 0 Å². The molecule has 29 heavy (non-hydrogen) atoms. The number of amides is 1. The first-order valence-corrected chi connectivity index (χ1v) is 10.2. The smallest absolute Gasteiger partial charge is 0.256 e. The number of hydrogen-bond acceptors (Lipinski definition) is 3. The van der Waals surface area contributed by atoms with Crippen LogP contribution in [0.3, 0.4) is 0 Å². The second-order valence-electron chi connectivity index (χ2n) is 6.55. The third-order valence-electron chi connectivity index (χ3n) is 4.66. The Kier molecular flexibility index (Phi) is 5.58. The predicted molar refractivity (Wildman–Crippen MR) is 119 cm³/mol. The molecule has 0 radical (unpaired) electrons. The van der Waals surface area contributed by atoms with Gasteiger partial charge in [0.05, 0.1) is 11.8 Å². The van der Waals surface area contributed by atoms with Gasteiger partial charge in [0.25, 0.3) is 5.91 Å². The van der Waals surface area contributed by atoms with Gasteiger partial charge in [-0.25, -0.2) is 4.98 Å². The molecule has 0 aliphatic carbocycles. The van der Waals surface area contributed by atoms with E-state index in [-0.39, 0.29) is 5.91 Å². The quantitative estimate of drug-likeness (QED) is 0.376. The maximum Gasteiger partial charge on any atom is 0.256 e. The number of nitrogens with one attached hydrogen (secondary N) is 1. The minimum absolute atomic E-state index is 0.191. The standard InChI is InChI=1S/C24H19BrN2O2/c1-2-16-8-3-6-13-21(16)27-23(28)19-11-4-5-12-20(19)24-26-15-22(29-24)17-9-7-10-18(25)14-17/h3-15H,2H2,1H3,(H,27,28). The molecule has 0 aliphatic rings. The molecule has 4 nitrogen and oxygen atoms in total. The monoisotopic (exact) mass is 446 g/mol. The Morgan fingerprint density at radius 1 is 1.03 bits per heavy atom. The zero-order chi connectivity index (χ0) is 20.2. The number of para-hydroxylation sites is 1. The van der Waals surface area contributed by atoms with E-state index in [2.05, 4.69) is 33.2 Å². The highest BCUT2D eigenvalue weighted by atomic mass is 79.9. The maximum atomic E-state index is 13.0. The summed E-state index contributed by atoms with van der Waals surface area (Å²) < 4.78 is 6.95. The van der Waals surface area contributed by atoms with E-state index < -0.39 is 0 Å². The molecule has 4 aromatic rings. The molecular weight excluding hydrogens is 428 g/mol. The summed E-state index contributed by atoms with van der Waals surface area (Å²) in [4.78, 5) is 17.4. The molecule has 4 rings (SSSR count). The Morgan fingerprint density at radius 2 is 1.83 bits per heavy atom. The van der Waals surface area contributed by atoms with E-state index in [0.717, 1.165) is 27.7 Å². The van der Waals surface area contributed by atoms with Crippen LogP contribution in [0.2, 0.25) is 0 Å². The average Bonchev–Trinajstić information content (AvgIpc) is 3.24. The van der Waals surface area contributed by atoms with Crippen molar-refractivity contribution < 1.29 is 9.21 Å². The topological polar surface area (TPSA) is 55.1 Å². The first kappa shape index (κ1) is 19.2. The highest BCUT2D eigenvalue weighted by Gasteiger charge is 2.17. The van der Waals surface area contributed by atoms with Crippen molar-refractivity contribution in [2.24, 2.45) is 0 Å². The van der Waals surface area contributed by atoms with Crippen LogP contribution < -0.4 is 5.32 Å². The first-order valence-electron chi connectivity index (χ1n) is 9.36. The predicted octanol–water partition coefficient (Wildman–Crippen LogP) is 6.59. The van der Waals surface area contributed by atoms with E-state index >= 15 is 0 Å². The normalized spacial score (nSPS) is 10.7. The molecular formula is C24H19BrN2O2. The largest absolute Gasteiger partial charge is 0.436 e. The van der Waals surface area contributed by atoms with Crippen LogP contribution >= 0.6 is 15.9 Å². The number of rotatable bonds is 5. The summed E-state index contributed by atoms with van der Waals surface area (Å²) in [5.41, 5.74) is 3.99. The lowest BCUT2D eigenvalue weighted by Gasteiger charge is -2.11. The van der Waals surface area contributed by atoms with Crippen LogP contribution in [0.1, 0.15) is 22.8 Å². The Balaban J connectivity index is 1.66. The fourth-order valence-corrected chi connectivity index (χ4v) is 3.58. The van der Waals surface area contributed by atoms with Crippen molar-refractivity contribution in [3.05, 3.63) is 94.6 Å². The van der Waals surface area contributed by atoms with Gasteiger partial charge in [-0.1, -0.05) is 65.3 Å². The highest BCUT2D eigenvalue weighted by molar-refractivity contribution is 9.10. The number of benzene rings is 3. The van der Waals surface area contributed by atoms with Crippen molar-refractivity contribution in [1.82, 2.24) is 4.98 Å². The highest BCUT2D eigenvalue weighted by Crippen LogP contribution is 2.30. The Morgan fingerprint density at radius 3 is 2.66 bits per heavy atom. The second-order valence-corrected chi connectivity index (χ2v) is 7.47. The van der Waals surface area contributed by atoms with Crippen molar-refractivity contribution in [2.75, 3.05) is 5.32 Å². The molecule has 0 saturated heterocycles. The number of carbonyl (C=O) groups is 1. The molecule has 0 bridgehead atoms. The molecule has 0 aliphatic heterocycles. The van der Waals surface area contributed by atoms with Crippen LogP contribution in [-0.4, -0.2) is 10.9 Å². The SMILES string of the molecule is CCc1ccccc1NC(=O)c1ccccc1-c1ncc(-c2cccc(Br)c2)o1. The van der Waals surface area contributed by atoms with Crippen molar-refractivity contribution in [1.29, 1.82) is 0 Å². The minimum atomic E-state index is -0.191. The van der Waals surface area contributed by atoms with Gasteiger partial charge < -0.3 is 9.73 Å². The summed E-state index contributed by atoms with van der Waals surface area (Å²) in [6, 6.07) is 23.0. The number of halogens is 1. The lowest BCUT2D eigenvalue weighted by Crippen LogP contribution is -2.14. The van der Waals surface area contributed by atoms with Crippen molar-refractivity contribution in [3.63, 3.8) is 0 Å². The molecule has 1 N–H and O–H groups in total. The van der Waals surface area contributed by atoms with Crippen molar-refractivity contribution in [2.45, 2.75) is 13.3 Å². The maximum absolute atomic E-state index is 13.0. The Hall–Kier alpha value is -3.18. The number of aromatic nitrogens is 1. The van der Waals surface area contributed by atoms with Crippen molar-refractivity contribution >= 4 is 27.5 Å². The minimum Gasteiger partial charge on any atom is -0.436 e. The van der Waals surface area contributed by atoms with Gasteiger partial charge in [0, 0.05) is 21.3 Å². The molecule has 1 heterocycles. The Labute approximate surface area is 177 Å². The van der Waals surface area contributed by atoms with Crippen LogP contribution in [0.15, 0.2) is 87.9 Å². The van der Waals surface area contributed by atoms with Gasteiger partial charge in [0.2, 0.25) is 5.89 Å². The van der Waals surface area contributed by atoms with E-state index in [1.165, 1.54) is 0 Å². The molecule has 0 saturated carbocycles. The zero-order valence-corrected chi connectivity index (χ0v) is 17.4. The van der Waals surface area contributed by atoms with Crippen molar-refractivity contribution in [3.8, 4) is 22.8 Å². The van der Waals surface area contributed by atoms with E-state index in [0.29, 0.717) is 22.8 Å². The molecule has 0 unspecified atom stereocenters. The van der Waals surface area contributed by atoms with Gasteiger partial charge in [-0.05, 0) is 42.3 Å². The molecule has 3 aromatic carbocycles. The van der Waals surface area contributed by atoms with Crippen LogP contribution in [-0.2, 0) is 6.42 Å². The molecule has 1 amide bonds. The number of hydrogen-bond donors (Lipinski definition) is 1. The Bertz CT molecular complexity index is 1170. The number of anilines is 1. The third kappa shape index (κ3) is 4.15. The summed E-state index contributed by atoms with van der Waals surface area (Å²) in [7, 11) is 0. The summed E-state index contributed by atoms with van der Waals surface area (Å²) in [5, 5.41) is 3.02. The first-order chi connectivity index (χ1) is 14.2. The fraction of sp³-hybridized carbons (Fsp3) is 0.0833. The van der Waals surface area contributed by atoms with Gasteiger partial charge in [0.1, 0.15) is 0 Å². The molecule has 0 atom stereocenters. The molecule has 1 aromatic heterocycles. The number of carbonyl (C=O) groups excluding carboxylic acids is 1. The zero-order valence-electron chi connectivity index (χ0n) is 15.9. The fourth-order valence-electron chi connectivity index (χ4n) is 3.18. The van der Waals surface area contributed by atoms with E-state index in [4.69, 9.17) is 4.42 Å². The van der Waals surface area contributed by atoms with Gasteiger partial charge in [0.15, 0.2) is 5.76 Å². The number of aryl methyl sites for hydroxylation is 1. The second kappa shape index (κ2) is 8.45. The molecule has 5 heteroatoms. The van der Waals surface area contributed by atoms with Crippen LogP contribution in [0.25, 0.3) is 22.8 Å².